The zero-order valence-electron chi connectivity index (χ0n) is 28.1. The Morgan fingerprint density at radius 1 is 0.920 bits per heavy atom. The lowest BCUT2D eigenvalue weighted by molar-refractivity contribution is -0.133. The first-order valence-electron chi connectivity index (χ1n) is 16.1. The van der Waals surface area contributed by atoms with Gasteiger partial charge in [0.25, 0.3) is 5.91 Å². The third-order valence-electron chi connectivity index (χ3n) is 9.12. The smallest absolute Gasteiger partial charge is 0.411 e. The van der Waals surface area contributed by atoms with Crippen LogP contribution < -0.4 is 25.4 Å². The minimum Gasteiger partial charge on any atom is -0.493 e. The van der Waals surface area contributed by atoms with E-state index in [-0.39, 0.29) is 21.6 Å². The van der Waals surface area contributed by atoms with Gasteiger partial charge in [-0.1, -0.05) is 24.3 Å². The molecule has 13 heteroatoms. The molecule has 1 unspecified atom stereocenters. The third-order valence-corrected chi connectivity index (χ3v) is 11.0. The topological polar surface area (TPSA) is 152 Å². The average molecular weight is 699 g/mol. The Kier molecular flexibility index (Phi) is 9.69. The molecule has 2 atom stereocenters. The number of likely N-dealkylation sites (tertiary alicyclic amines) is 1. The molecule has 0 aromatic heterocycles. The molecular formula is C37H38N4O8S. The van der Waals surface area contributed by atoms with Gasteiger partial charge in [0.2, 0.25) is 15.7 Å². The number of amides is 3. The van der Waals surface area contributed by atoms with Crippen LogP contribution in [-0.2, 0) is 25.9 Å². The van der Waals surface area contributed by atoms with Gasteiger partial charge in [0, 0.05) is 30.0 Å². The highest BCUT2D eigenvalue weighted by molar-refractivity contribution is 7.91. The highest BCUT2D eigenvalue weighted by Crippen LogP contribution is 2.41. The lowest BCUT2D eigenvalue weighted by Crippen LogP contribution is -2.38. The summed E-state index contributed by atoms with van der Waals surface area (Å²) in [4.78, 5) is 41.5. The van der Waals surface area contributed by atoms with Gasteiger partial charge in [-0.2, -0.15) is 0 Å². The number of ether oxygens (including phenoxy) is 3. The molecule has 2 aliphatic heterocycles. The Hall–Kier alpha value is -5.56. The van der Waals surface area contributed by atoms with Crippen molar-refractivity contribution in [2.75, 3.05) is 38.5 Å². The van der Waals surface area contributed by atoms with Gasteiger partial charge in [-0.3, -0.25) is 14.9 Å². The molecule has 4 aromatic rings. The lowest BCUT2D eigenvalue weighted by atomic mass is 9.99. The Bertz CT molecular complexity index is 2070. The molecule has 1 saturated heterocycles. The zero-order chi connectivity index (χ0) is 35.6. The number of carbonyl (C=O) groups is 3. The van der Waals surface area contributed by atoms with Gasteiger partial charge >= 0.3 is 6.09 Å². The molecule has 50 heavy (non-hydrogen) atoms. The molecule has 2 aliphatic rings. The fourth-order valence-electron chi connectivity index (χ4n) is 6.63. The SMILES string of the molecule is COC(=O)Nc1ccc(S(=O)(=O)c2ccccc2)c([C@H]2CCCN2C(=O)C(Nc2cc(C)c3c(c2)C(=O)NC3)c2ccc(OC)c(OC)c2)c1. The van der Waals surface area contributed by atoms with Crippen LogP contribution in [0, 0.1) is 6.92 Å². The maximum atomic E-state index is 14.9. The molecule has 1 fully saturated rings. The van der Waals surface area contributed by atoms with Crippen molar-refractivity contribution >= 4 is 39.1 Å². The van der Waals surface area contributed by atoms with Crippen molar-refractivity contribution in [3.8, 4) is 11.5 Å². The first-order chi connectivity index (χ1) is 24.0. The Morgan fingerprint density at radius 3 is 2.40 bits per heavy atom. The number of rotatable bonds is 10. The van der Waals surface area contributed by atoms with Gasteiger partial charge < -0.3 is 29.7 Å². The number of benzene rings is 4. The van der Waals surface area contributed by atoms with Crippen molar-refractivity contribution in [1.82, 2.24) is 10.2 Å². The van der Waals surface area contributed by atoms with E-state index in [1.165, 1.54) is 45.6 Å². The second-order valence-electron chi connectivity index (χ2n) is 12.1. The van der Waals surface area contributed by atoms with E-state index in [2.05, 4.69) is 16.0 Å². The summed E-state index contributed by atoms with van der Waals surface area (Å²) in [5.74, 6) is 0.395. The largest absolute Gasteiger partial charge is 0.493 e. The maximum absolute atomic E-state index is 14.9. The van der Waals surface area contributed by atoms with Crippen LogP contribution in [0.1, 0.15) is 57.5 Å². The van der Waals surface area contributed by atoms with Crippen LogP contribution in [0.4, 0.5) is 16.2 Å². The average Bonchev–Trinajstić information content (AvgIpc) is 3.77. The fraction of sp³-hybridized carbons (Fsp3) is 0.270. The number of nitrogens with one attached hydrogen (secondary N) is 3. The Labute approximate surface area is 290 Å². The molecule has 0 bridgehead atoms. The predicted octanol–water partition coefficient (Wildman–Crippen LogP) is 5.78. The van der Waals surface area contributed by atoms with E-state index in [4.69, 9.17) is 14.2 Å². The maximum Gasteiger partial charge on any atom is 0.411 e. The van der Waals surface area contributed by atoms with Crippen LogP contribution in [0.2, 0.25) is 0 Å². The quantitative estimate of drug-likeness (QED) is 0.187. The summed E-state index contributed by atoms with van der Waals surface area (Å²) in [6.45, 7) is 2.70. The molecule has 0 aliphatic carbocycles. The highest BCUT2D eigenvalue weighted by atomic mass is 32.2. The van der Waals surface area contributed by atoms with Gasteiger partial charge in [0.05, 0.1) is 37.2 Å². The van der Waals surface area contributed by atoms with Gasteiger partial charge in [-0.15, -0.1) is 0 Å². The number of hydrogen-bond acceptors (Lipinski definition) is 9. The number of methoxy groups -OCH3 is 3. The molecule has 12 nitrogen and oxygen atoms in total. The first kappa shape index (κ1) is 34.3. The van der Waals surface area contributed by atoms with E-state index < -0.39 is 28.0 Å². The molecule has 3 N–H and O–H groups in total. The minimum atomic E-state index is -4.03. The van der Waals surface area contributed by atoms with E-state index in [0.717, 1.165) is 11.1 Å². The summed E-state index contributed by atoms with van der Waals surface area (Å²) in [6, 6.07) is 19.8. The van der Waals surface area contributed by atoms with Crippen LogP contribution in [-0.4, -0.2) is 59.1 Å². The van der Waals surface area contributed by atoms with Crippen molar-refractivity contribution in [1.29, 1.82) is 0 Å². The summed E-state index contributed by atoms with van der Waals surface area (Å²) >= 11 is 0. The van der Waals surface area contributed by atoms with Crippen LogP contribution in [0.3, 0.4) is 0 Å². The molecule has 260 valence electrons. The van der Waals surface area contributed by atoms with Gasteiger partial charge in [-0.25, -0.2) is 13.2 Å². The minimum absolute atomic E-state index is 0.0275. The molecule has 2 heterocycles. The normalized spacial score (nSPS) is 15.9. The van der Waals surface area contributed by atoms with Gasteiger partial charge in [-0.05, 0) is 96.6 Å². The zero-order valence-corrected chi connectivity index (χ0v) is 28.9. The summed E-state index contributed by atoms with van der Waals surface area (Å²) in [7, 11) is 0.240. The van der Waals surface area contributed by atoms with Crippen molar-refractivity contribution in [2.45, 2.75) is 48.2 Å². The van der Waals surface area contributed by atoms with Gasteiger partial charge in [0.15, 0.2) is 11.5 Å². The molecule has 6 rings (SSSR count). The standard InChI is InChI=1S/C37H38N4O8S/c1-22-17-25(20-27-29(22)21-38-35(27)42)39-34(23-12-14-31(47-2)32(18-23)48-3)36(43)41-16-8-11-30(41)28-19-24(40-37(44)49-4)13-15-33(28)50(45,46)26-9-6-5-7-10-26/h5-7,9-10,12-15,17-20,30,34,39H,8,11,16,21H2,1-4H3,(H,38,42)(H,40,44)/t30-,34?/m1/s1. The first-order valence-corrected chi connectivity index (χ1v) is 17.5. The van der Waals surface area contributed by atoms with Crippen molar-refractivity contribution in [3.63, 3.8) is 0 Å². The van der Waals surface area contributed by atoms with E-state index in [1.807, 2.05) is 13.0 Å². The molecule has 0 spiro atoms. The van der Waals surface area contributed by atoms with Crippen molar-refractivity contribution in [3.05, 3.63) is 107 Å². The summed E-state index contributed by atoms with van der Waals surface area (Å²) < 4.78 is 43.9. The number of hydrogen-bond donors (Lipinski definition) is 3. The van der Waals surface area contributed by atoms with E-state index in [9.17, 15) is 22.8 Å². The Balaban J connectivity index is 1.45. The summed E-state index contributed by atoms with van der Waals surface area (Å²) in [6.07, 6.45) is 0.360. The monoisotopic (exact) mass is 698 g/mol. The van der Waals surface area contributed by atoms with Crippen molar-refractivity contribution < 1.29 is 37.0 Å². The van der Waals surface area contributed by atoms with E-state index in [0.29, 0.717) is 65.5 Å². The second-order valence-corrected chi connectivity index (χ2v) is 14.0. The van der Waals surface area contributed by atoms with Crippen LogP contribution in [0.25, 0.3) is 0 Å². The molecule has 4 aromatic carbocycles. The second kappa shape index (κ2) is 14.1. The van der Waals surface area contributed by atoms with Crippen LogP contribution >= 0.6 is 0 Å². The van der Waals surface area contributed by atoms with Crippen LogP contribution in [0.15, 0.2) is 88.7 Å². The number of carbonyl (C=O) groups excluding carboxylic acids is 3. The number of nitrogens with zero attached hydrogens (tertiary/aromatic N) is 1. The number of sulfone groups is 1. The third kappa shape index (κ3) is 6.56. The van der Waals surface area contributed by atoms with E-state index >= 15 is 0 Å². The molecular weight excluding hydrogens is 660 g/mol. The number of aryl methyl sites for hydroxylation is 1. The number of anilines is 2. The van der Waals surface area contributed by atoms with E-state index in [1.54, 1.807) is 53.4 Å². The van der Waals surface area contributed by atoms with Crippen molar-refractivity contribution in [2.24, 2.45) is 0 Å². The van der Waals surface area contributed by atoms with Gasteiger partial charge in [0.1, 0.15) is 6.04 Å². The highest BCUT2D eigenvalue weighted by Gasteiger charge is 2.38. The lowest BCUT2D eigenvalue weighted by Gasteiger charge is -2.32. The number of fused-ring (bicyclic) bond motifs is 1. The fourth-order valence-corrected chi connectivity index (χ4v) is 8.16. The molecule has 3 amide bonds. The predicted molar refractivity (Wildman–Crippen MR) is 186 cm³/mol. The Morgan fingerprint density at radius 2 is 1.68 bits per heavy atom. The molecule has 0 radical (unpaired) electrons. The van der Waals surface area contributed by atoms with Crippen LogP contribution in [0.5, 0.6) is 11.5 Å². The summed E-state index contributed by atoms with van der Waals surface area (Å²) in [5, 5.41) is 8.85. The summed E-state index contributed by atoms with van der Waals surface area (Å²) in [5.41, 5.74) is 4.16. The molecule has 0 saturated carbocycles.